The van der Waals surface area contributed by atoms with E-state index >= 15 is 0 Å². The number of anilines is 2. The summed E-state index contributed by atoms with van der Waals surface area (Å²) in [7, 11) is 0. The molecule has 3 heterocycles. The molecule has 0 fully saturated rings. The van der Waals surface area contributed by atoms with Gasteiger partial charge in [0.05, 0.1) is 0 Å². The van der Waals surface area contributed by atoms with Gasteiger partial charge >= 0.3 is 0 Å². The van der Waals surface area contributed by atoms with Gasteiger partial charge in [-0.15, -0.1) is 0 Å². The molecule has 5 heteroatoms. The van der Waals surface area contributed by atoms with Crippen molar-refractivity contribution in [3.05, 3.63) is 64.8 Å². The van der Waals surface area contributed by atoms with Crippen molar-refractivity contribution in [2.24, 2.45) is 0 Å². The van der Waals surface area contributed by atoms with Gasteiger partial charge in [0, 0.05) is 24.8 Å². The standard InChI is InChI=1S/C20H21N5/c1-13-6-7-15-8-10-25(12-16(15)11-13)20-14(2)18(21)23-19(24-20)17-5-3-4-9-22-17/h3-7,9,11H,8,10,12H2,1-2H3,(H2,21,23,24). The number of benzene rings is 1. The van der Waals surface area contributed by atoms with E-state index in [-0.39, 0.29) is 0 Å². The number of hydrogen-bond acceptors (Lipinski definition) is 5. The molecule has 0 saturated heterocycles. The number of nitrogens with two attached hydrogens (primary N) is 1. The summed E-state index contributed by atoms with van der Waals surface area (Å²) in [5.41, 5.74) is 11.9. The molecule has 0 atom stereocenters. The minimum Gasteiger partial charge on any atom is -0.383 e. The van der Waals surface area contributed by atoms with Crippen LogP contribution in [0.3, 0.4) is 0 Å². The third-order valence-electron chi connectivity index (χ3n) is 4.73. The van der Waals surface area contributed by atoms with Crippen molar-refractivity contribution in [2.45, 2.75) is 26.8 Å². The Morgan fingerprint density at radius 3 is 2.72 bits per heavy atom. The summed E-state index contributed by atoms with van der Waals surface area (Å²) in [6.45, 7) is 5.88. The lowest BCUT2D eigenvalue weighted by atomic mass is 9.97. The third kappa shape index (κ3) is 2.93. The van der Waals surface area contributed by atoms with Crippen molar-refractivity contribution < 1.29 is 0 Å². The van der Waals surface area contributed by atoms with Crippen LogP contribution in [0.25, 0.3) is 11.5 Å². The Bertz CT molecular complexity index is 921. The third-order valence-corrected chi connectivity index (χ3v) is 4.73. The first kappa shape index (κ1) is 15.6. The maximum Gasteiger partial charge on any atom is 0.182 e. The smallest absolute Gasteiger partial charge is 0.182 e. The topological polar surface area (TPSA) is 67.9 Å². The highest BCUT2D eigenvalue weighted by Crippen LogP contribution is 2.29. The quantitative estimate of drug-likeness (QED) is 0.780. The molecule has 25 heavy (non-hydrogen) atoms. The number of hydrogen-bond donors (Lipinski definition) is 1. The summed E-state index contributed by atoms with van der Waals surface area (Å²) in [6, 6.07) is 12.4. The number of pyridine rings is 1. The zero-order valence-electron chi connectivity index (χ0n) is 14.5. The van der Waals surface area contributed by atoms with Crippen LogP contribution in [0.4, 0.5) is 11.6 Å². The predicted octanol–water partition coefficient (Wildman–Crippen LogP) is 3.30. The molecule has 0 bridgehead atoms. The molecule has 0 radical (unpaired) electrons. The molecule has 0 amide bonds. The highest BCUT2D eigenvalue weighted by atomic mass is 15.2. The Balaban J connectivity index is 1.74. The fraction of sp³-hybridized carbons (Fsp3) is 0.250. The number of nitrogen functional groups attached to an aromatic ring is 1. The van der Waals surface area contributed by atoms with Crippen LogP contribution in [0.1, 0.15) is 22.3 Å². The lowest BCUT2D eigenvalue weighted by molar-refractivity contribution is 0.716. The second-order valence-corrected chi connectivity index (χ2v) is 6.54. The second-order valence-electron chi connectivity index (χ2n) is 6.54. The summed E-state index contributed by atoms with van der Waals surface area (Å²) >= 11 is 0. The molecule has 5 nitrogen and oxygen atoms in total. The van der Waals surface area contributed by atoms with E-state index in [2.05, 4.69) is 40.0 Å². The largest absolute Gasteiger partial charge is 0.383 e. The number of nitrogens with zero attached hydrogens (tertiary/aromatic N) is 4. The van der Waals surface area contributed by atoms with E-state index in [1.165, 1.54) is 16.7 Å². The van der Waals surface area contributed by atoms with Gasteiger partial charge in [-0.2, -0.15) is 0 Å². The zero-order chi connectivity index (χ0) is 17.4. The van der Waals surface area contributed by atoms with Crippen LogP contribution >= 0.6 is 0 Å². The van der Waals surface area contributed by atoms with E-state index in [0.717, 1.165) is 36.6 Å². The maximum atomic E-state index is 6.18. The molecule has 2 N–H and O–H groups in total. The van der Waals surface area contributed by atoms with Gasteiger partial charge in [-0.25, -0.2) is 9.97 Å². The molecule has 126 valence electrons. The molecule has 1 aliphatic heterocycles. The molecule has 0 spiro atoms. The monoisotopic (exact) mass is 331 g/mol. The molecule has 0 unspecified atom stereocenters. The fourth-order valence-corrected chi connectivity index (χ4v) is 3.31. The van der Waals surface area contributed by atoms with Crippen LogP contribution in [0.15, 0.2) is 42.6 Å². The summed E-state index contributed by atoms with van der Waals surface area (Å²) in [6.07, 6.45) is 2.76. The fourth-order valence-electron chi connectivity index (χ4n) is 3.31. The van der Waals surface area contributed by atoms with Crippen molar-refractivity contribution in [1.82, 2.24) is 15.0 Å². The number of rotatable bonds is 2. The highest BCUT2D eigenvalue weighted by molar-refractivity contribution is 5.63. The first-order valence-corrected chi connectivity index (χ1v) is 8.50. The first-order chi connectivity index (χ1) is 12.1. The Kier molecular flexibility index (Phi) is 3.84. The van der Waals surface area contributed by atoms with Gasteiger partial charge in [0.25, 0.3) is 0 Å². The Morgan fingerprint density at radius 2 is 1.92 bits per heavy atom. The number of fused-ring (bicyclic) bond motifs is 1. The number of aryl methyl sites for hydroxylation is 1. The van der Waals surface area contributed by atoms with Crippen molar-refractivity contribution >= 4 is 11.6 Å². The summed E-state index contributed by atoms with van der Waals surface area (Å²) in [5.74, 6) is 2.00. The minimum absolute atomic E-state index is 0.515. The van der Waals surface area contributed by atoms with E-state index in [1.54, 1.807) is 6.20 Å². The van der Waals surface area contributed by atoms with Crippen molar-refractivity contribution in [1.29, 1.82) is 0 Å². The number of aromatic nitrogens is 3. The van der Waals surface area contributed by atoms with E-state index in [4.69, 9.17) is 10.7 Å². The van der Waals surface area contributed by atoms with Gasteiger partial charge in [-0.3, -0.25) is 4.98 Å². The lowest BCUT2D eigenvalue weighted by Gasteiger charge is -2.31. The average molecular weight is 331 g/mol. The van der Waals surface area contributed by atoms with Gasteiger partial charge < -0.3 is 10.6 Å². The summed E-state index contributed by atoms with van der Waals surface area (Å²) in [5, 5.41) is 0. The first-order valence-electron chi connectivity index (χ1n) is 8.50. The highest BCUT2D eigenvalue weighted by Gasteiger charge is 2.21. The van der Waals surface area contributed by atoms with Crippen LogP contribution in [0.2, 0.25) is 0 Å². The minimum atomic E-state index is 0.515. The molecule has 1 aliphatic rings. The molecule has 1 aromatic carbocycles. The predicted molar refractivity (Wildman–Crippen MR) is 100 cm³/mol. The Labute approximate surface area is 147 Å². The average Bonchev–Trinajstić information content (AvgIpc) is 2.64. The molecule has 0 aliphatic carbocycles. The maximum absolute atomic E-state index is 6.18. The van der Waals surface area contributed by atoms with Crippen LogP contribution in [-0.2, 0) is 13.0 Å². The van der Waals surface area contributed by atoms with Crippen molar-refractivity contribution in [2.75, 3.05) is 17.2 Å². The van der Waals surface area contributed by atoms with Gasteiger partial charge in [0.2, 0.25) is 0 Å². The van der Waals surface area contributed by atoms with Crippen LogP contribution in [0.5, 0.6) is 0 Å². The lowest BCUT2D eigenvalue weighted by Crippen LogP contribution is -2.32. The van der Waals surface area contributed by atoms with Crippen LogP contribution in [0, 0.1) is 13.8 Å². The van der Waals surface area contributed by atoms with Gasteiger partial charge in [0.1, 0.15) is 17.3 Å². The van der Waals surface area contributed by atoms with Crippen molar-refractivity contribution in [3.63, 3.8) is 0 Å². The Hall–Kier alpha value is -2.95. The van der Waals surface area contributed by atoms with E-state index in [9.17, 15) is 0 Å². The van der Waals surface area contributed by atoms with Gasteiger partial charge in [-0.1, -0.05) is 29.8 Å². The van der Waals surface area contributed by atoms with Crippen molar-refractivity contribution in [3.8, 4) is 11.5 Å². The van der Waals surface area contributed by atoms with E-state index in [0.29, 0.717) is 11.6 Å². The van der Waals surface area contributed by atoms with Gasteiger partial charge in [-0.05, 0) is 43.5 Å². The van der Waals surface area contributed by atoms with E-state index in [1.807, 2.05) is 25.1 Å². The summed E-state index contributed by atoms with van der Waals surface area (Å²) in [4.78, 5) is 15.9. The SMILES string of the molecule is Cc1ccc2c(c1)CN(c1nc(-c3ccccn3)nc(N)c1C)CC2. The van der Waals surface area contributed by atoms with Gasteiger partial charge in [0.15, 0.2) is 5.82 Å². The molecular weight excluding hydrogens is 310 g/mol. The Morgan fingerprint density at radius 1 is 1.04 bits per heavy atom. The molecule has 2 aromatic heterocycles. The van der Waals surface area contributed by atoms with Crippen LogP contribution < -0.4 is 10.6 Å². The molecule has 3 aromatic rings. The second kappa shape index (κ2) is 6.16. The molecule has 4 rings (SSSR count). The summed E-state index contributed by atoms with van der Waals surface area (Å²) < 4.78 is 0. The normalized spacial score (nSPS) is 13.6. The molecular formula is C20H21N5. The van der Waals surface area contributed by atoms with E-state index < -0.39 is 0 Å². The zero-order valence-corrected chi connectivity index (χ0v) is 14.5. The molecule has 0 saturated carbocycles. The van der Waals surface area contributed by atoms with Crippen LogP contribution in [-0.4, -0.2) is 21.5 Å².